The van der Waals surface area contributed by atoms with Gasteiger partial charge in [0.15, 0.2) is 0 Å². The Morgan fingerprint density at radius 1 is 1.00 bits per heavy atom. The van der Waals surface area contributed by atoms with Crippen molar-refractivity contribution in [2.24, 2.45) is 0 Å². The summed E-state index contributed by atoms with van der Waals surface area (Å²) in [4.78, 5) is 18.7. The number of fused-ring (bicyclic) bond motifs is 1. The molecule has 0 radical (unpaired) electrons. The molecular formula is C35H31BrFN5O3S. The highest BCUT2D eigenvalue weighted by molar-refractivity contribution is 9.10. The third kappa shape index (κ3) is 7.11. The van der Waals surface area contributed by atoms with E-state index in [2.05, 4.69) is 26.6 Å². The Morgan fingerprint density at radius 2 is 1.74 bits per heavy atom. The van der Waals surface area contributed by atoms with Crippen LogP contribution in [0.4, 0.5) is 16.0 Å². The van der Waals surface area contributed by atoms with Crippen molar-refractivity contribution in [3.05, 3.63) is 135 Å². The highest BCUT2D eigenvalue weighted by Crippen LogP contribution is 2.38. The van der Waals surface area contributed by atoms with Gasteiger partial charge in [0.2, 0.25) is 11.1 Å². The number of benzene rings is 4. The van der Waals surface area contributed by atoms with Crippen LogP contribution in [0.3, 0.4) is 0 Å². The minimum Gasteiger partial charge on any atom is -0.492 e. The number of amides is 1. The molecule has 2 N–H and O–H groups in total. The van der Waals surface area contributed by atoms with E-state index in [1.165, 1.54) is 17.8 Å². The minimum atomic E-state index is -0.605. The Morgan fingerprint density at radius 3 is 2.50 bits per heavy atom. The molecule has 0 saturated carbocycles. The molecule has 0 bridgehead atoms. The standard InChI is InChI=1S/C35H31BrFN5O3S/c1-3-44-30-11-7-6-10-29(30)39-33(43)31-22(2)38-34-40-35(46-21-25-8-4-5-9-28(25)37)41-42(34)32(31)24-14-18-27(19-15-24)45-20-23-12-16-26(36)17-13-23/h4-19,32H,3,20-21H2,1-2H3,(H,39,43)(H,38,40,41). The van der Waals surface area contributed by atoms with Crippen molar-refractivity contribution >= 4 is 45.2 Å². The van der Waals surface area contributed by atoms with E-state index in [9.17, 15) is 9.18 Å². The number of nitrogens with zero attached hydrogens (tertiary/aromatic N) is 3. The summed E-state index contributed by atoms with van der Waals surface area (Å²) in [6.45, 7) is 4.62. The summed E-state index contributed by atoms with van der Waals surface area (Å²) in [7, 11) is 0. The molecule has 1 aliphatic rings. The molecule has 1 aromatic heterocycles. The smallest absolute Gasteiger partial charge is 0.255 e. The van der Waals surface area contributed by atoms with Crippen LogP contribution >= 0.6 is 27.7 Å². The number of carbonyl (C=O) groups excluding carboxylic acids is 1. The first-order chi connectivity index (χ1) is 22.4. The zero-order valence-corrected chi connectivity index (χ0v) is 27.6. The van der Waals surface area contributed by atoms with Crippen LogP contribution in [0.1, 0.15) is 36.6 Å². The van der Waals surface area contributed by atoms with Gasteiger partial charge in [-0.1, -0.05) is 82.3 Å². The predicted octanol–water partition coefficient (Wildman–Crippen LogP) is 8.38. The van der Waals surface area contributed by atoms with Crippen molar-refractivity contribution in [2.75, 3.05) is 17.2 Å². The summed E-state index contributed by atoms with van der Waals surface area (Å²) >= 11 is 4.78. The van der Waals surface area contributed by atoms with Gasteiger partial charge in [0, 0.05) is 15.9 Å². The molecule has 2 heterocycles. The number of hydrogen-bond acceptors (Lipinski definition) is 7. The molecule has 1 aliphatic heterocycles. The monoisotopic (exact) mass is 699 g/mol. The molecule has 6 rings (SSSR count). The summed E-state index contributed by atoms with van der Waals surface area (Å²) in [6, 6.07) is 29.0. The van der Waals surface area contributed by atoms with E-state index >= 15 is 0 Å². The molecule has 46 heavy (non-hydrogen) atoms. The van der Waals surface area contributed by atoms with Crippen LogP contribution in [0.15, 0.2) is 118 Å². The summed E-state index contributed by atoms with van der Waals surface area (Å²) < 4.78 is 28.8. The van der Waals surface area contributed by atoms with Gasteiger partial charge >= 0.3 is 0 Å². The van der Waals surface area contributed by atoms with Gasteiger partial charge in [0.05, 0.1) is 17.9 Å². The maximum absolute atomic E-state index is 14.3. The number of ether oxygens (including phenoxy) is 2. The molecule has 1 unspecified atom stereocenters. The number of allylic oxidation sites excluding steroid dienone is 1. The average Bonchev–Trinajstić information content (AvgIpc) is 3.47. The fourth-order valence-electron chi connectivity index (χ4n) is 5.09. The molecule has 11 heteroatoms. The fourth-order valence-corrected chi connectivity index (χ4v) is 6.17. The maximum Gasteiger partial charge on any atom is 0.255 e. The average molecular weight is 701 g/mol. The molecule has 1 atom stereocenters. The Bertz CT molecular complexity index is 1880. The number of para-hydroxylation sites is 2. The first-order valence-electron chi connectivity index (χ1n) is 14.7. The largest absolute Gasteiger partial charge is 0.492 e. The molecule has 0 aliphatic carbocycles. The summed E-state index contributed by atoms with van der Waals surface area (Å²) in [6.07, 6.45) is 0. The van der Waals surface area contributed by atoms with Crippen LogP contribution < -0.4 is 20.1 Å². The number of carbonyl (C=O) groups is 1. The van der Waals surface area contributed by atoms with E-state index in [0.717, 1.165) is 15.6 Å². The number of anilines is 2. The Labute approximate surface area is 279 Å². The van der Waals surface area contributed by atoms with E-state index < -0.39 is 6.04 Å². The van der Waals surface area contributed by atoms with Crippen molar-refractivity contribution in [3.63, 3.8) is 0 Å². The second-order valence-electron chi connectivity index (χ2n) is 10.5. The van der Waals surface area contributed by atoms with E-state index in [1.54, 1.807) is 28.9 Å². The van der Waals surface area contributed by atoms with Gasteiger partial charge in [0.1, 0.15) is 30.0 Å². The summed E-state index contributed by atoms with van der Waals surface area (Å²) in [5.41, 5.74) is 4.09. The van der Waals surface area contributed by atoms with E-state index in [4.69, 9.17) is 19.6 Å². The molecular weight excluding hydrogens is 669 g/mol. The third-order valence-corrected chi connectivity index (χ3v) is 8.76. The maximum atomic E-state index is 14.3. The Balaban J connectivity index is 1.30. The van der Waals surface area contributed by atoms with E-state index in [1.807, 2.05) is 80.6 Å². The van der Waals surface area contributed by atoms with Gasteiger partial charge in [-0.2, -0.15) is 4.98 Å². The minimum absolute atomic E-state index is 0.277. The SMILES string of the molecule is CCOc1ccccc1NC(=O)C1=C(C)Nc2nc(SCc3ccccc3F)nn2C1c1ccc(OCc2ccc(Br)cc2)cc1. The molecule has 4 aromatic carbocycles. The van der Waals surface area contributed by atoms with Gasteiger partial charge in [-0.05, 0) is 73.0 Å². The van der Waals surface area contributed by atoms with Crippen LogP contribution in [0.25, 0.3) is 0 Å². The van der Waals surface area contributed by atoms with Crippen molar-refractivity contribution in [1.82, 2.24) is 14.8 Å². The van der Waals surface area contributed by atoms with Gasteiger partial charge in [0.25, 0.3) is 5.91 Å². The summed E-state index contributed by atoms with van der Waals surface area (Å²) in [5, 5.41) is 11.6. The molecule has 0 saturated heterocycles. The molecule has 1 amide bonds. The van der Waals surface area contributed by atoms with Crippen molar-refractivity contribution in [3.8, 4) is 11.5 Å². The molecule has 5 aromatic rings. The zero-order valence-electron chi connectivity index (χ0n) is 25.2. The van der Waals surface area contributed by atoms with E-state index in [0.29, 0.717) is 64.1 Å². The number of halogens is 2. The van der Waals surface area contributed by atoms with Gasteiger partial charge < -0.3 is 20.1 Å². The predicted molar refractivity (Wildman–Crippen MR) is 182 cm³/mol. The fraction of sp³-hybridized carbons (Fsp3) is 0.171. The van der Waals surface area contributed by atoms with Crippen LogP contribution in [-0.2, 0) is 17.2 Å². The van der Waals surface area contributed by atoms with Gasteiger partial charge in [-0.15, -0.1) is 5.10 Å². The van der Waals surface area contributed by atoms with Crippen molar-refractivity contribution < 1.29 is 18.7 Å². The quantitative estimate of drug-likeness (QED) is 0.134. The van der Waals surface area contributed by atoms with Crippen LogP contribution in [0, 0.1) is 5.82 Å². The van der Waals surface area contributed by atoms with Crippen LogP contribution in [0.2, 0.25) is 0 Å². The molecule has 0 spiro atoms. The molecule has 234 valence electrons. The van der Waals surface area contributed by atoms with Crippen molar-refractivity contribution in [1.29, 1.82) is 0 Å². The number of hydrogen-bond donors (Lipinski definition) is 2. The first kappa shape index (κ1) is 31.4. The second-order valence-corrected chi connectivity index (χ2v) is 12.3. The zero-order chi connectivity index (χ0) is 32.0. The lowest BCUT2D eigenvalue weighted by molar-refractivity contribution is -0.113. The highest BCUT2D eigenvalue weighted by Gasteiger charge is 2.35. The molecule has 8 nitrogen and oxygen atoms in total. The lowest BCUT2D eigenvalue weighted by atomic mass is 9.95. The van der Waals surface area contributed by atoms with E-state index in [-0.39, 0.29) is 11.7 Å². The normalized spacial score (nSPS) is 14.0. The van der Waals surface area contributed by atoms with Crippen molar-refractivity contribution in [2.45, 2.75) is 37.4 Å². The number of nitrogens with one attached hydrogen (secondary N) is 2. The number of aromatic nitrogens is 3. The highest BCUT2D eigenvalue weighted by atomic mass is 79.9. The Kier molecular flexibility index (Phi) is 9.70. The lowest BCUT2D eigenvalue weighted by Crippen LogP contribution is -2.31. The number of thioether (sulfide) groups is 1. The third-order valence-electron chi connectivity index (χ3n) is 7.34. The summed E-state index contributed by atoms with van der Waals surface area (Å²) in [5.74, 6) is 1.54. The van der Waals surface area contributed by atoms with Gasteiger partial charge in [-0.3, -0.25) is 4.79 Å². The Hall–Kier alpha value is -4.61. The van der Waals surface area contributed by atoms with Crippen LogP contribution in [-0.4, -0.2) is 27.3 Å². The lowest BCUT2D eigenvalue weighted by Gasteiger charge is -2.29. The van der Waals surface area contributed by atoms with Gasteiger partial charge in [-0.25, -0.2) is 9.07 Å². The molecule has 0 fully saturated rings. The first-order valence-corrected chi connectivity index (χ1v) is 16.5. The van der Waals surface area contributed by atoms with Crippen LogP contribution in [0.5, 0.6) is 11.5 Å². The topological polar surface area (TPSA) is 90.3 Å². The second kappa shape index (κ2) is 14.2. The number of rotatable bonds is 11.